The Morgan fingerprint density at radius 3 is 2.63 bits per heavy atom. The summed E-state index contributed by atoms with van der Waals surface area (Å²) in [5, 5.41) is 13.6. The van der Waals surface area contributed by atoms with Gasteiger partial charge in [0.1, 0.15) is 41.3 Å². The standard InChI is InChI=1S/C27H25N5O6/c1-15-28-21-18-5-2-3-7-20(18)38-24(21)22(29-15)23(32-12-4-6-19(32)26(34)35)25(33)30-16-8-10-17(11-9-16)31-13-14-37-27(31)36/h2-3,5,7-11,19,23H,4,6,12-14H2,1H3,(H,30,33)(H,34,35)/t19?,23-/m1/s1. The van der Waals surface area contributed by atoms with E-state index in [2.05, 4.69) is 15.3 Å². The van der Waals surface area contributed by atoms with Gasteiger partial charge in [-0.15, -0.1) is 0 Å². The maximum absolute atomic E-state index is 13.9. The van der Waals surface area contributed by atoms with Gasteiger partial charge in [-0.05, 0) is 56.2 Å². The third-order valence-electron chi connectivity index (χ3n) is 6.98. The van der Waals surface area contributed by atoms with Gasteiger partial charge in [0.05, 0.1) is 6.54 Å². The number of aromatic nitrogens is 2. The number of para-hydroxylation sites is 1. The molecule has 4 aromatic rings. The zero-order valence-corrected chi connectivity index (χ0v) is 20.6. The molecule has 6 rings (SSSR count). The molecule has 2 amide bonds. The van der Waals surface area contributed by atoms with E-state index in [0.717, 1.165) is 5.39 Å². The Morgan fingerprint density at radius 2 is 1.89 bits per heavy atom. The number of fused-ring (bicyclic) bond motifs is 3. The molecular formula is C27H25N5O6. The number of amides is 2. The Morgan fingerprint density at radius 1 is 1.11 bits per heavy atom. The predicted octanol–water partition coefficient (Wildman–Crippen LogP) is 3.87. The maximum Gasteiger partial charge on any atom is 0.414 e. The van der Waals surface area contributed by atoms with Crippen molar-refractivity contribution >= 4 is 51.4 Å². The van der Waals surface area contributed by atoms with E-state index in [0.29, 0.717) is 72.1 Å². The van der Waals surface area contributed by atoms with Crippen LogP contribution in [-0.4, -0.2) is 63.7 Å². The number of carboxylic acids is 1. The van der Waals surface area contributed by atoms with Crippen molar-refractivity contribution < 1.29 is 28.6 Å². The molecule has 2 atom stereocenters. The minimum atomic E-state index is -1.03. The van der Waals surface area contributed by atoms with Crippen LogP contribution in [0.25, 0.3) is 22.1 Å². The fourth-order valence-electron chi connectivity index (χ4n) is 5.27. The van der Waals surface area contributed by atoms with Gasteiger partial charge < -0.3 is 19.6 Å². The van der Waals surface area contributed by atoms with Crippen LogP contribution in [0.1, 0.15) is 30.4 Å². The van der Waals surface area contributed by atoms with Crippen molar-refractivity contribution in [3.05, 3.63) is 60.0 Å². The van der Waals surface area contributed by atoms with Crippen molar-refractivity contribution in [1.29, 1.82) is 0 Å². The molecule has 0 spiro atoms. The summed E-state index contributed by atoms with van der Waals surface area (Å²) in [6.07, 6.45) is 0.645. The van der Waals surface area contributed by atoms with Crippen LogP contribution in [0, 0.1) is 6.92 Å². The number of nitrogens with zero attached hydrogens (tertiary/aromatic N) is 4. The van der Waals surface area contributed by atoms with Gasteiger partial charge in [0.15, 0.2) is 5.58 Å². The number of rotatable bonds is 6. The van der Waals surface area contributed by atoms with Crippen molar-refractivity contribution in [1.82, 2.24) is 14.9 Å². The van der Waals surface area contributed by atoms with Crippen molar-refractivity contribution in [2.45, 2.75) is 31.8 Å². The summed E-state index contributed by atoms with van der Waals surface area (Å²) < 4.78 is 11.1. The molecular weight excluding hydrogens is 490 g/mol. The van der Waals surface area contributed by atoms with Gasteiger partial charge in [-0.25, -0.2) is 14.8 Å². The molecule has 2 aromatic heterocycles. The number of ether oxygens (including phenoxy) is 1. The highest BCUT2D eigenvalue weighted by atomic mass is 16.6. The molecule has 0 saturated carbocycles. The number of carbonyl (C=O) groups is 3. The predicted molar refractivity (Wildman–Crippen MR) is 138 cm³/mol. The molecule has 2 N–H and O–H groups in total. The van der Waals surface area contributed by atoms with E-state index in [1.807, 2.05) is 24.3 Å². The van der Waals surface area contributed by atoms with E-state index in [9.17, 15) is 19.5 Å². The summed E-state index contributed by atoms with van der Waals surface area (Å²) in [7, 11) is 0. The molecule has 2 saturated heterocycles. The number of carboxylic acid groups (broad SMARTS) is 1. The van der Waals surface area contributed by atoms with Crippen LogP contribution in [0.2, 0.25) is 0 Å². The van der Waals surface area contributed by atoms with E-state index in [4.69, 9.17) is 9.15 Å². The topological polar surface area (TPSA) is 138 Å². The molecule has 4 heterocycles. The Labute approximate surface area is 217 Å². The number of benzene rings is 2. The highest BCUT2D eigenvalue weighted by Gasteiger charge is 2.42. The first-order valence-corrected chi connectivity index (χ1v) is 12.4. The summed E-state index contributed by atoms with van der Waals surface area (Å²) in [4.78, 5) is 50.3. The highest BCUT2D eigenvalue weighted by molar-refractivity contribution is 6.05. The number of hydrogen-bond donors (Lipinski definition) is 2. The largest absolute Gasteiger partial charge is 0.480 e. The fraction of sp³-hybridized carbons (Fsp3) is 0.296. The molecule has 2 aliphatic rings. The van der Waals surface area contributed by atoms with E-state index < -0.39 is 30.1 Å². The number of aliphatic carboxylic acids is 1. The van der Waals surface area contributed by atoms with Gasteiger partial charge in [-0.3, -0.25) is 19.4 Å². The van der Waals surface area contributed by atoms with Gasteiger partial charge >= 0.3 is 12.1 Å². The third-order valence-corrected chi connectivity index (χ3v) is 6.98. The minimum Gasteiger partial charge on any atom is -0.480 e. The van der Waals surface area contributed by atoms with E-state index in [1.54, 1.807) is 36.1 Å². The summed E-state index contributed by atoms with van der Waals surface area (Å²) in [5.74, 6) is -0.982. The van der Waals surface area contributed by atoms with Gasteiger partial charge in [-0.2, -0.15) is 0 Å². The van der Waals surface area contributed by atoms with E-state index >= 15 is 0 Å². The number of furan rings is 1. The lowest BCUT2D eigenvalue weighted by Gasteiger charge is -2.29. The molecule has 2 aliphatic heterocycles. The monoisotopic (exact) mass is 515 g/mol. The number of carbonyl (C=O) groups excluding carboxylic acids is 2. The van der Waals surface area contributed by atoms with Crippen LogP contribution in [0.15, 0.2) is 52.9 Å². The van der Waals surface area contributed by atoms with Crippen LogP contribution in [0.5, 0.6) is 0 Å². The van der Waals surface area contributed by atoms with Crippen LogP contribution < -0.4 is 10.2 Å². The quantitative estimate of drug-likeness (QED) is 0.392. The number of aryl methyl sites for hydroxylation is 1. The summed E-state index contributed by atoms with van der Waals surface area (Å²) in [6, 6.07) is 12.4. The average Bonchev–Trinajstić information content (AvgIpc) is 3.64. The lowest BCUT2D eigenvalue weighted by atomic mass is 10.1. The number of hydrogen-bond acceptors (Lipinski definition) is 8. The molecule has 11 heteroatoms. The van der Waals surface area contributed by atoms with Gasteiger partial charge in [0.25, 0.3) is 0 Å². The van der Waals surface area contributed by atoms with Crippen molar-refractivity contribution in [3.8, 4) is 0 Å². The summed E-state index contributed by atoms with van der Waals surface area (Å²) in [6.45, 7) is 2.93. The lowest BCUT2D eigenvalue weighted by Crippen LogP contribution is -2.44. The number of nitrogens with one attached hydrogen (secondary N) is 1. The highest BCUT2D eigenvalue weighted by Crippen LogP contribution is 2.37. The molecule has 2 fully saturated rings. The Balaban J connectivity index is 1.40. The first-order chi connectivity index (χ1) is 18.4. The summed E-state index contributed by atoms with van der Waals surface area (Å²) in [5.41, 5.74) is 3.02. The summed E-state index contributed by atoms with van der Waals surface area (Å²) >= 11 is 0. The minimum absolute atomic E-state index is 0.325. The number of cyclic esters (lactones) is 1. The molecule has 38 heavy (non-hydrogen) atoms. The van der Waals surface area contributed by atoms with E-state index in [1.165, 1.54) is 4.90 Å². The molecule has 2 aromatic carbocycles. The van der Waals surface area contributed by atoms with E-state index in [-0.39, 0.29) is 0 Å². The smallest absolute Gasteiger partial charge is 0.414 e. The lowest BCUT2D eigenvalue weighted by molar-refractivity contribution is -0.143. The van der Waals surface area contributed by atoms with Gasteiger partial charge in [-0.1, -0.05) is 12.1 Å². The van der Waals surface area contributed by atoms with Crippen LogP contribution in [0.4, 0.5) is 16.2 Å². The zero-order valence-electron chi connectivity index (χ0n) is 20.6. The molecule has 0 radical (unpaired) electrons. The number of likely N-dealkylation sites (tertiary alicyclic amines) is 1. The second-order valence-electron chi connectivity index (χ2n) is 9.37. The Kier molecular flexibility index (Phi) is 5.91. The van der Waals surface area contributed by atoms with Crippen molar-refractivity contribution in [3.63, 3.8) is 0 Å². The Bertz CT molecular complexity index is 1570. The van der Waals surface area contributed by atoms with Crippen LogP contribution in [-0.2, 0) is 14.3 Å². The molecule has 0 aliphatic carbocycles. The average molecular weight is 516 g/mol. The molecule has 0 bridgehead atoms. The van der Waals surface area contributed by atoms with Gasteiger partial charge in [0, 0.05) is 23.3 Å². The molecule has 11 nitrogen and oxygen atoms in total. The normalized spacial score (nSPS) is 18.7. The van der Waals surface area contributed by atoms with Gasteiger partial charge in [0.2, 0.25) is 5.91 Å². The second-order valence-corrected chi connectivity index (χ2v) is 9.37. The first-order valence-electron chi connectivity index (χ1n) is 12.4. The fourth-order valence-corrected chi connectivity index (χ4v) is 5.27. The first kappa shape index (κ1) is 23.9. The SMILES string of the molecule is Cc1nc([C@H](C(=O)Nc2ccc(N3CCOC3=O)cc2)N2CCCC2C(=O)O)c2oc3ccccc3c2n1. The second kappa shape index (κ2) is 9.42. The Hall–Kier alpha value is -4.51. The molecule has 194 valence electrons. The van der Waals surface area contributed by atoms with Crippen molar-refractivity contribution in [2.75, 3.05) is 29.9 Å². The zero-order chi connectivity index (χ0) is 26.4. The maximum atomic E-state index is 13.9. The van der Waals surface area contributed by atoms with Crippen LogP contribution >= 0.6 is 0 Å². The molecule has 1 unspecified atom stereocenters. The number of anilines is 2. The third kappa shape index (κ3) is 4.10. The van der Waals surface area contributed by atoms with Crippen LogP contribution in [0.3, 0.4) is 0 Å². The van der Waals surface area contributed by atoms with Crippen molar-refractivity contribution in [2.24, 2.45) is 0 Å².